The van der Waals surface area contributed by atoms with E-state index in [1.807, 2.05) is 54.6 Å². The van der Waals surface area contributed by atoms with E-state index in [0.717, 1.165) is 60.0 Å². The van der Waals surface area contributed by atoms with Gasteiger partial charge in [-0.05, 0) is 79.7 Å². The molecule has 2 aromatic carbocycles. The van der Waals surface area contributed by atoms with Crippen LogP contribution in [0.15, 0.2) is 59.1 Å². The van der Waals surface area contributed by atoms with Crippen molar-refractivity contribution in [3.8, 4) is 22.8 Å². The fourth-order valence-electron chi connectivity index (χ4n) is 4.31. The van der Waals surface area contributed by atoms with Gasteiger partial charge in [0.2, 0.25) is 5.91 Å². The van der Waals surface area contributed by atoms with Crippen LogP contribution in [0.5, 0.6) is 11.5 Å². The number of piperidine rings is 1. The van der Waals surface area contributed by atoms with Crippen LogP contribution in [0.3, 0.4) is 0 Å². The van der Waals surface area contributed by atoms with Crippen LogP contribution in [0.4, 0.5) is 0 Å². The van der Waals surface area contributed by atoms with Crippen LogP contribution in [0.25, 0.3) is 11.3 Å². The van der Waals surface area contributed by atoms with Gasteiger partial charge in [0.15, 0.2) is 5.76 Å². The third-order valence-corrected chi connectivity index (χ3v) is 6.27. The number of hydrogen-bond acceptors (Lipinski definition) is 6. The van der Waals surface area contributed by atoms with Crippen LogP contribution in [0, 0.1) is 11.8 Å². The van der Waals surface area contributed by atoms with Gasteiger partial charge in [-0.25, -0.2) is 0 Å². The molecule has 1 aromatic heterocycles. The average molecular weight is 450 g/mol. The molecule has 1 amide bonds. The predicted octanol–water partition coefficient (Wildman–Crippen LogP) is 3.83. The van der Waals surface area contributed by atoms with Gasteiger partial charge in [0.05, 0.1) is 19.9 Å². The van der Waals surface area contributed by atoms with E-state index >= 15 is 0 Å². The fourth-order valence-corrected chi connectivity index (χ4v) is 4.31. The number of hydrogen-bond donors (Lipinski definition) is 2. The molecule has 1 aliphatic rings. The Balaban J connectivity index is 1.32. The molecule has 0 saturated carbocycles. The van der Waals surface area contributed by atoms with Gasteiger partial charge in [0.1, 0.15) is 11.5 Å². The van der Waals surface area contributed by atoms with Crippen LogP contribution in [-0.4, -0.2) is 38.4 Å². The van der Waals surface area contributed by atoms with Crippen molar-refractivity contribution in [2.24, 2.45) is 11.8 Å². The van der Waals surface area contributed by atoms with E-state index < -0.39 is 0 Å². The number of benzene rings is 2. The van der Waals surface area contributed by atoms with Gasteiger partial charge in [-0.3, -0.25) is 4.79 Å². The lowest BCUT2D eigenvalue weighted by Crippen LogP contribution is -2.40. The first kappa shape index (κ1) is 22.9. The molecular weight excluding hydrogens is 418 g/mol. The Kier molecular flexibility index (Phi) is 7.62. The summed E-state index contributed by atoms with van der Waals surface area (Å²) >= 11 is 0. The lowest BCUT2D eigenvalue weighted by Gasteiger charge is -2.31. The standard InChI is InChI=1S/C26H31N3O4/c1-31-23-7-3-18(4-8-23)16-28-26(30)14-20-11-12-27-17-21(20)13-22-15-25(33-29-22)19-5-9-24(32-2)10-6-19/h3-10,15,20-21,27H,11-14,16-17H2,1-2H3,(H,28,30)/t20-,21+/m1/s1. The largest absolute Gasteiger partial charge is 0.497 e. The first-order valence-corrected chi connectivity index (χ1v) is 11.3. The van der Waals surface area contributed by atoms with Gasteiger partial charge in [0, 0.05) is 24.6 Å². The van der Waals surface area contributed by atoms with E-state index in [1.165, 1.54) is 0 Å². The quantitative estimate of drug-likeness (QED) is 0.516. The number of methoxy groups -OCH3 is 2. The van der Waals surface area contributed by atoms with Gasteiger partial charge in [-0.15, -0.1) is 0 Å². The SMILES string of the molecule is COc1ccc(CNC(=O)C[C@H]2CCNC[C@@H]2Cc2cc(-c3ccc(OC)cc3)on2)cc1. The van der Waals surface area contributed by atoms with E-state index in [4.69, 9.17) is 14.0 Å². The number of nitrogens with one attached hydrogen (secondary N) is 2. The van der Waals surface area contributed by atoms with Crippen molar-refractivity contribution < 1.29 is 18.8 Å². The number of aromatic nitrogens is 1. The van der Waals surface area contributed by atoms with Crippen LogP contribution in [-0.2, 0) is 17.8 Å². The van der Waals surface area contributed by atoms with Crippen molar-refractivity contribution in [2.45, 2.75) is 25.8 Å². The Morgan fingerprint density at radius 3 is 2.45 bits per heavy atom. The van der Waals surface area contributed by atoms with E-state index in [1.54, 1.807) is 14.2 Å². The van der Waals surface area contributed by atoms with Gasteiger partial charge in [-0.1, -0.05) is 17.3 Å². The zero-order valence-electron chi connectivity index (χ0n) is 19.2. The molecule has 0 bridgehead atoms. The molecule has 0 unspecified atom stereocenters. The second-order valence-electron chi connectivity index (χ2n) is 8.46. The molecular formula is C26H31N3O4. The second-order valence-corrected chi connectivity index (χ2v) is 8.46. The van der Waals surface area contributed by atoms with E-state index in [0.29, 0.717) is 24.8 Å². The number of nitrogens with zero attached hydrogens (tertiary/aromatic N) is 1. The zero-order chi connectivity index (χ0) is 23.0. The van der Waals surface area contributed by atoms with Gasteiger partial charge in [-0.2, -0.15) is 0 Å². The van der Waals surface area contributed by atoms with Crippen molar-refractivity contribution in [1.82, 2.24) is 15.8 Å². The highest BCUT2D eigenvalue weighted by atomic mass is 16.5. The summed E-state index contributed by atoms with van der Waals surface area (Å²) in [5.41, 5.74) is 2.93. The van der Waals surface area contributed by atoms with Crippen molar-refractivity contribution in [1.29, 1.82) is 0 Å². The molecule has 174 valence electrons. The summed E-state index contributed by atoms with van der Waals surface area (Å²) in [6.45, 7) is 2.33. The van der Waals surface area contributed by atoms with Crippen LogP contribution < -0.4 is 20.1 Å². The predicted molar refractivity (Wildman–Crippen MR) is 126 cm³/mol. The first-order chi connectivity index (χ1) is 16.1. The minimum absolute atomic E-state index is 0.0850. The van der Waals surface area contributed by atoms with Crippen molar-refractivity contribution >= 4 is 5.91 Å². The van der Waals surface area contributed by atoms with Crippen LogP contribution in [0.2, 0.25) is 0 Å². The zero-order valence-corrected chi connectivity index (χ0v) is 19.2. The maximum absolute atomic E-state index is 12.6. The minimum atomic E-state index is 0.0850. The number of carbonyl (C=O) groups excluding carboxylic acids is 1. The maximum Gasteiger partial charge on any atom is 0.220 e. The number of carbonyl (C=O) groups is 1. The highest BCUT2D eigenvalue weighted by molar-refractivity contribution is 5.76. The molecule has 1 aliphatic heterocycles. The Labute approximate surface area is 194 Å². The molecule has 1 saturated heterocycles. The second kappa shape index (κ2) is 11.0. The fraction of sp³-hybridized carbons (Fsp3) is 0.385. The molecule has 0 spiro atoms. The van der Waals surface area contributed by atoms with Gasteiger partial charge in [0.25, 0.3) is 0 Å². The monoisotopic (exact) mass is 449 g/mol. The van der Waals surface area contributed by atoms with Gasteiger partial charge >= 0.3 is 0 Å². The normalized spacial score (nSPS) is 18.0. The summed E-state index contributed by atoms with van der Waals surface area (Å²) in [6.07, 6.45) is 2.28. The number of rotatable bonds is 9. The summed E-state index contributed by atoms with van der Waals surface area (Å²) in [7, 11) is 3.29. The van der Waals surface area contributed by atoms with Crippen LogP contribution >= 0.6 is 0 Å². The molecule has 7 nitrogen and oxygen atoms in total. The van der Waals surface area contributed by atoms with E-state index in [2.05, 4.69) is 15.8 Å². The highest BCUT2D eigenvalue weighted by Crippen LogP contribution is 2.28. The molecule has 7 heteroatoms. The average Bonchev–Trinajstić information content (AvgIpc) is 3.33. The molecule has 4 rings (SSSR count). The Morgan fingerprint density at radius 1 is 1.06 bits per heavy atom. The maximum atomic E-state index is 12.6. The van der Waals surface area contributed by atoms with E-state index in [-0.39, 0.29) is 5.91 Å². The van der Waals surface area contributed by atoms with Crippen molar-refractivity contribution in [3.63, 3.8) is 0 Å². The first-order valence-electron chi connectivity index (χ1n) is 11.3. The molecule has 3 aromatic rings. The summed E-state index contributed by atoms with van der Waals surface area (Å²) in [6, 6.07) is 17.5. The van der Waals surface area contributed by atoms with Gasteiger partial charge < -0.3 is 24.6 Å². The third-order valence-electron chi connectivity index (χ3n) is 6.27. The molecule has 0 radical (unpaired) electrons. The smallest absolute Gasteiger partial charge is 0.220 e. The minimum Gasteiger partial charge on any atom is -0.497 e. The Bertz CT molecular complexity index is 1030. The van der Waals surface area contributed by atoms with Crippen LogP contribution in [0.1, 0.15) is 24.1 Å². The molecule has 2 heterocycles. The molecule has 2 N–H and O–H groups in total. The topological polar surface area (TPSA) is 85.6 Å². The van der Waals surface area contributed by atoms with Crippen molar-refractivity contribution in [3.05, 3.63) is 65.9 Å². The molecule has 2 atom stereocenters. The summed E-state index contributed by atoms with van der Waals surface area (Å²) in [4.78, 5) is 12.6. The molecule has 33 heavy (non-hydrogen) atoms. The Hall–Kier alpha value is -3.32. The number of ether oxygens (including phenoxy) is 2. The lowest BCUT2D eigenvalue weighted by atomic mass is 9.81. The van der Waals surface area contributed by atoms with E-state index in [9.17, 15) is 4.79 Å². The van der Waals surface area contributed by atoms with Crippen molar-refractivity contribution in [2.75, 3.05) is 27.3 Å². The number of amides is 1. The third kappa shape index (κ3) is 6.14. The lowest BCUT2D eigenvalue weighted by molar-refractivity contribution is -0.122. The molecule has 1 fully saturated rings. The highest BCUT2D eigenvalue weighted by Gasteiger charge is 2.28. The Morgan fingerprint density at radius 2 is 1.76 bits per heavy atom. The summed E-state index contributed by atoms with van der Waals surface area (Å²) in [5, 5.41) is 10.8. The summed E-state index contributed by atoms with van der Waals surface area (Å²) < 4.78 is 16.0. The molecule has 0 aliphatic carbocycles. The summed E-state index contributed by atoms with van der Waals surface area (Å²) in [5.74, 6) is 3.08.